The molecular formula is C48H68N8O14. The molecule has 0 saturated heterocycles. The van der Waals surface area contributed by atoms with Crippen molar-refractivity contribution in [1.29, 1.82) is 0 Å². The largest absolute Gasteiger partial charge is 0.465 e. The van der Waals surface area contributed by atoms with Crippen molar-refractivity contribution in [2.75, 3.05) is 32.8 Å². The molecule has 22 nitrogen and oxygen atoms in total. The van der Waals surface area contributed by atoms with Crippen molar-refractivity contribution >= 4 is 59.6 Å². The fraction of sp³-hybridized carbons (Fsp3) is 0.542. The van der Waals surface area contributed by atoms with Crippen LogP contribution in [0, 0.1) is 5.92 Å². The Morgan fingerprint density at radius 1 is 0.614 bits per heavy atom. The first-order valence-corrected chi connectivity index (χ1v) is 22.9. The molecule has 0 bridgehead atoms. The first-order valence-electron chi connectivity index (χ1n) is 22.9. The molecule has 0 aromatic heterocycles. The van der Waals surface area contributed by atoms with Crippen molar-refractivity contribution in [3.63, 3.8) is 0 Å². The molecule has 1 aliphatic carbocycles. The first-order chi connectivity index (χ1) is 32.7. The monoisotopic (exact) mass is 980 g/mol. The number of ether oxygens (including phenoxy) is 4. The highest BCUT2D eigenvalue weighted by atomic mass is 16.6. The van der Waals surface area contributed by atoms with Gasteiger partial charge in [-0.05, 0) is 89.5 Å². The number of benzene rings is 2. The molecule has 4 atom stereocenters. The second-order valence-electron chi connectivity index (χ2n) is 18.9. The zero-order valence-electron chi connectivity index (χ0n) is 41.2. The van der Waals surface area contributed by atoms with Gasteiger partial charge < -0.3 is 61.9 Å². The zero-order chi connectivity index (χ0) is 52.3. The van der Waals surface area contributed by atoms with E-state index in [1.54, 1.807) is 41.5 Å². The standard InChI is InChI=1S/C48H68N8O14/c1-27(2)22-36(44(64)69-47(4,5)6)54-43(63)35(56-45(65)68-26-33-31-16-12-10-14-29(31)30-15-11-13-17-32(30)33)23-40(60)67-21-19-38(58)50-20-18-34(55-46(66)70-48(7,8)9)42(62)53-28(3)41(61)52-25-39(59)51-24-37(49)57/h10-17,27-28,33-36H,18-26H2,1-9H3,(H2,49,57)(H,50,58)(H,51,59)(H,52,61)(H,53,62)(H,54,63)(H,55,66)(H,56,65)/t28-,34+,35-,36-/m0/s1. The van der Waals surface area contributed by atoms with Crippen molar-refractivity contribution in [2.24, 2.45) is 11.7 Å². The summed E-state index contributed by atoms with van der Waals surface area (Å²) in [6.07, 6.45) is -3.08. The molecular weight excluding hydrogens is 913 g/mol. The van der Waals surface area contributed by atoms with Gasteiger partial charge in [-0.1, -0.05) is 62.4 Å². The Labute approximate surface area is 407 Å². The molecule has 0 heterocycles. The van der Waals surface area contributed by atoms with Crippen LogP contribution < -0.4 is 43.0 Å². The van der Waals surface area contributed by atoms with Crippen molar-refractivity contribution in [3.05, 3.63) is 59.7 Å². The molecule has 8 amide bonds. The molecule has 384 valence electrons. The van der Waals surface area contributed by atoms with Crippen LogP contribution in [0.15, 0.2) is 48.5 Å². The van der Waals surface area contributed by atoms with Crippen LogP contribution in [0.2, 0.25) is 0 Å². The smallest absolute Gasteiger partial charge is 0.408 e. The summed E-state index contributed by atoms with van der Waals surface area (Å²) in [4.78, 5) is 128. The van der Waals surface area contributed by atoms with E-state index in [1.165, 1.54) is 6.92 Å². The lowest BCUT2D eigenvalue weighted by Crippen LogP contribution is -2.54. The highest BCUT2D eigenvalue weighted by Crippen LogP contribution is 2.44. The SMILES string of the molecule is CC(C)C[C@H](NC(=O)[C@H](CC(=O)OCCC(=O)NCC[C@@H](NC(=O)OC(C)(C)C)C(=O)N[C@@H](C)C(=O)NCC(=O)NCC(N)=O)NC(=O)OCC1c2ccccc2-c2ccccc21)C(=O)OC(C)(C)C. The molecule has 22 heteroatoms. The predicted molar refractivity (Wildman–Crippen MR) is 253 cm³/mol. The lowest BCUT2D eigenvalue weighted by molar-refractivity contribution is -0.159. The lowest BCUT2D eigenvalue weighted by atomic mass is 9.98. The average molecular weight is 981 g/mol. The number of fused-ring (bicyclic) bond motifs is 3. The number of hydrogen-bond acceptors (Lipinski definition) is 14. The van der Waals surface area contributed by atoms with E-state index in [0.29, 0.717) is 0 Å². The van der Waals surface area contributed by atoms with Gasteiger partial charge >= 0.3 is 24.1 Å². The van der Waals surface area contributed by atoms with Crippen LogP contribution in [0.1, 0.15) is 105 Å². The maximum Gasteiger partial charge on any atom is 0.408 e. The summed E-state index contributed by atoms with van der Waals surface area (Å²) in [7, 11) is 0. The van der Waals surface area contributed by atoms with Gasteiger partial charge in [-0.25, -0.2) is 14.4 Å². The van der Waals surface area contributed by atoms with Gasteiger partial charge in [0, 0.05) is 12.5 Å². The Morgan fingerprint density at radius 2 is 1.19 bits per heavy atom. The molecule has 2 aromatic rings. The molecule has 9 N–H and O–H groups in total. The number of alkyl carbamates (subject to hydrolysis) is 2. The number of primary amides is 1. The van der Waals surface area contributed by atoms with Gasteiger partial charge in [-0.15, -0.1) is 0 Å². The molecule has 0 aliphatic heterocycles. The molecule has 2 aromatic carbocycles. The van der Waals surface area contributed by atoms with E-state index < -0.39 is 121 Å². The number of hydrogen-bond donors (Lipinski definition) is 8. The molecule has 3 rings (SSSR count). The number of carbonyl (C=O) groups is 10. The predicted octanol–water partition coefficient (Wildman–Crippen LogP) is 1.71. The number of nitrogens with one attached hydrogen (secondary N) is 7. The maximum atomic E-state index is 13.8. The van der Waals surface area contributed by atoms with E-state index in [2.05, 4.69) is 37.2 Å². The van der Waals surface area contributed by atoms with Gasteiger partial charge in [0.1, 0.15) is 48.6 Å². The lowest BCUT2D eigenvalue weighted by Gasteiger charge is -2.27. The molecule has 0 saturated carbocycles. The van der Waals surface area contributed by atoms with Gasteiger partial charge in [0.05, 0.1) is 25.9 Å². The molecule has 1 aliphatic rings. The van der Waals surface area contributed by atoms with Crippen LogP contribution in [0.3, 0.4) is 0 Å². The molecule has 0 radical (unpaired) electrons. The third kappa shape index (κ3) is 20.1. The number of carbonyl (C=O) groups excluding carboxylic acids is 10. The normalized spacial score (nSPS) is 13.6. The van der Waals surface area contributed by atoms with E-state index in [1.807, 2.05) is 62.4 Å². The van der Waals surface area contributed by atoms with Crippen LogP contribution in [0.5, 0.6) is 0 Å². The van der Waals surface area contributed by atoms with Gasteiger partial charge in [0.2, 0.25) is 35.4 Å². The third-order valence-electron chi connectivity index (χ3n) is 10.0. The van der Waals surface area contributed by atoms with Crippen LogP contribution in [-0.4, -0.2) is 128 Å². The van der Waals surface area contributed by atoms with E-state index >= 15 is 0 Å². The number of amides is 8. The van der Waals surface area contributed by atoms with Crippen molar-refractivity contribution < 1.29 is 66.9 Å². The fourth-order valence-corrected chi connectivity index (χ4v) is 6.92. The molecule has 0 unspecified atom stereocenters. The van der Waals surface area contributed by atoms with Gasteiger partial charge in [-0.2, -0.15) is 0 Å². The Balaban J connectivity index is 1.63. The quantitative estimate of drug-likeness (QED) is 0.0549. The average Bonchev–Trinajstić information content (AvgIpc) is 3.57. The summed E-state index contributed by atoms with van der Waals surface area (Å²) in [6.45, 7) is 13.1. The summed E-state index contributed by atoms with van der Waals surface area (Å²) >= 11 is 0. The topological polar surface area (TPSA) is 318 Å². The Kier molecular flexibility index (Phi) is 21.6. The third-order valence-corrected chi connectivity index (χ3v) is 10.0. The summed E-state index contributed by atoms with van der Waals surface area (Å²) in [5, 5.41) is 16.9. The Morgan fingerprint density at radius 3 is 1.76 bits per heavy atom. The number of esters is 2. The van der Waals surface area contributed by atoms with Crippen LogP contribution >= 0.6 is 0 Å². The number of rotatable bonds is 24. The van der Waals surface area contributed by atoms with Gasteiger partial charge in [0.15, 0.2) is 0 Å². The van der Waals surface area contributed by atoms with Crippen LogP contribution in [0.25, 0.3) is 11.1 Å². The second-order valence-corrected chi connectivity index (χ2v) is 18.9. The summed E-state index contributed by atoms with van der Waals surface area (Å²) in [5.74, 6) is -6.68. The molecule has 70 heavy (non-hydrogen) atoms. The fourth-order valence-electron chi connectivity index (χ4n) is 6.92. The Hall–Kier alpha value is -7.26. The van der Waals surface area contributed by atoms with Gasteiger partial charge in [0.25, 0.3) is 0 Å². The minimum atomic E-state index is -1.59. The van der Waals surface area contributed by atoms with E-state index in [9.17, 15) is 47.9 Å². The highest BCUT2D eigenvalue weighted by Gasteiger charge is 2.34. The maximum absolute atomic E-state index is 13.8. The minimum Gasteiger partial charge on any atom is -0.465 e. The van der Waals surface area contributed by atoms with E-state index in [0.717, 1.165) is 22.3 Å². The summed E-state index contributed by atoms with van der Waals surface area (Å²) < 4.78 is 21.7. The summed E-state index contributed by atoms with van der Waals surface area (Å²) in [6, 6.07) is 10.2. The molecule has 0 spiro atoms. The first kappa shape index (κ1) is 57.1. The number of nitrogens with two attached hydrogens (primary N) is 1. The van der Waals surface area contributed by atoms with E-state index in [4.69, 9.17) is 24.7 Å². The van der Waals surface area contributed by atoms with Crippen molar-refractivity contribution in [3.8, 4) is 11.1 Å². The van der Waals surface area contributed by atoms with Crippen LogP contribution in [0.4, 0.5) is 9.59 Å². The highest BCUT2D eigenvalue weighted by molar-refractivity contribution is 5.94. The minimum absolute atomic E-state index is 0.0704. The summed E-state index contributed by atoms with van der Waals surface area (Å²) in [5.41, 5.74) is 7.08. The van der Waals surface area contributed by atoms with Crippen LogP contribution in [-0.2, 0) is 57.3 Å². The molecule has 0 fully saturated rings. The van der Waals surface area contributed by atoms with Gasteiger partial charge in [-0.3, -0.25) is 33.6 Å². The van der Waals surface area contributed by atoms with Crippen molar-refractivity contribution in [1.82, 2.24) is 37.2 Å². The zero-order valence-corrected chi connectivity index (χ0v) is 41.2. The van der Waals surface area contributed by atoms with Crippen molar-refractivity contribution in [2.45, 2.75) is 129 Å². The second kappa shape index (κ2) is 26.5. The Bertz CT molecular complexity index is 2170. The van der Waals surface area contributed by atoms with E-state index in [-0.39, 0.29) is 44.2 Å².